The van der Waals surface area contributed by atoms with Gasteiger partial charge >= 0.3 is 0 Å². The first-order chi connectivity index (χ1) is 9.20. The van der Waals surface area contributed by atoms with Crippen LogP contribution < -0.4 is 10.2 Å². The number of carbonyl (C=O) groups excluding carboxylic acids is 1. The fraction of sp³-hybridized carbons (Fsp3) is 0.0769. The summed E-state index contributed by atoms with van der Waals surface area (Å²) in [6, 6.07) is 7.15. The maximum absolute atomic E-state index is 11.9. The molecule has 6 heteroatoms. The van der Waals surface area contributed by atoms with Gasteiger partial charge in [-0.15, -0.1) is 0 Å². The van der Waals surface area contributed by atoms with E-state index in [9.17, 15) is 4.79 Å². The van der Waals surface area contributed by atoms with E-state index in [4.69, 9.17) is 4.74 Å². The second kappa shape index (κ2) is 6.67. The standard InChI is InChI=1S/C13H11IN2O2S/c1-18-12-3-2-10(6-11(12)14)13(17)16-15-7-9-4-5-19-8-9/h2-8H,1H3,(H,16,17)/b15-7+. The minimum absolute atomic E-state index is 0.243. The zero-order valence-corrected chi connectivity index (χ0v) is 13.1. The number of thiophene rings is 1. The Morgan fingerprint density at radius 2 is 2.32 bits per heavy atom. The van der Waals surface area contributed by atoms with Gasteiger partial charge in [-0.2, -0.15) is 16.4 Å². The predicted molar refractivity (Wildman–Crippen MR) is 85.1 cm³/mol. The van der Waals surface area contributed by atoms with Crippen LogP contribution in [0.4, 0.5) is 0 Å². The maximum Gasteiger partial charge on any atom is 0.271 e. The number of rotatable bonds is 4. The van der Waals surface area contributed by atoms with Gasteiger partial charge in [-0.05, 0) is 57.6 Å². The Morgan fingerprint density at radius 3 is 2.95 bits per heavy atom. The Kier molecular flexibility index (Phi) is 4.92. The highest BCUT2D eigenvalue weighted by Gasteiger charge is 2.07. The molecule has 0 aliphatic rings. The van der Waals surface area contributed by atoms with Crippen LogP contribution in [0.5, 0.6) is 5.75 Å². The Labute approximate surface area is 128 Å². The van der Waals surface area contributed by atoms with Gasteiger partial charge in [-0.3, -0.25) is 4.79 Å². The third-order valence-electron chi connectivity index (χ3n) is 2.34. The van der Waals surface area contributed by atoms with Crippen molar-refractivity contribution in [2.45, 2.75) is 0 Å². The van der Waals surface area contributed by atoms with Crippen LogP contribution in [0.2, 0.25) is 0 Å². The van der Waals surface area contributed by atoms with Crippen molar-refractivity contribution in [2.24, 2.45) is 5.10 Å². The summed E-state index contributed by atoms with van der Waals surface area (Å²) in [5.41, 5.74) is 4.01. The Morgan fingerprint density at radius 1 is 1.47 bits per heavy atom. The van der Waals surface area contributed by atoms with Crippen LogP contribution in [-0.2, 0) is 0 Å². The molecule has 1 heterocycles. The Bertz CT molecular complexity index is 597. The molecular weight excluding hydrogens is 375 g/mol. The number of halogens is 1. The second-order valence-electron chi connectivity index (χ2n) is 3.61. The highest BCUT2D eigenvalue weighted by atomic mass is 127. The minimum Gasteiger partial charge on any atom is -0.496 e. The smallest absolute Gasteiger partial charge is 0.271 e. The highest BCUT2D eigenvalue weighted by Crippen LogP contribution is 2.21. The third-order valence-corrected chi connectivity index (χ3v) is 3.88. The first kappa shape index (κ1) is 14.0. The van der Waals surface area contributed by atoms with Crippen LogP contribution >= 0.6 is 33.9 Å². The molecule has 0 atom stereocenters. The third kappa shape index (κ3) is 3.77. The van der Waals surface area contributed by atoms with Crippen LogP contribution in [-0.4, -0.2) is 19.2 Å². The molecule has 0 saturated heterocycles. The van der Waals surface area contributed by atoms with E-state index in [0.717, 1.165) is 14.9 Å². The summed E-state index contributed by atoms with van der Waals surface area (Å²) in [5.74, 6) is 0.506. The van der Waals surface area contributed by atoms with Crippen LogP contribution in [0, 0.1) is 3.57 Å². The van der Waals surface area contributed by atoms with Crippen LogP contribution in [0.15, 0.2) is 40.1 Å². The first-order valence-corrected chi connectivity index (χ1v) is 7.42. The number of hydrogen-bond donors (Lipinski definition) is 1. The van der Waals surface area contributed by atoms with Gasteiger partial charge in [0.1, 0.15) is 5.75 Å². The van der Waals surface area contributed by atoms with Gasteiger partial charge in [-0.25, -0.2) is 5.43 Å². The lowest BCUT2D eigenvalue weighted by atomic mass is 10.2. The molecule has 0 unspecified atom stereocenters. The quantitative estimate of drug-likeness (QED) is 0.499. The molecule has 98 valence electrons. The predicted octanol–water partition coefficient (Wildman–Crippen LogP) is 3.13. The molecule has 1 amide bonds. The summed E-state index contributed by atoms with van der Waals surface area (Å²) in [6.07, 6.45) is 1.61. The molecule has 0 aliphatic heterocycles. The van der Waals surface area contributed by atoms with Gasteiger partial charge in [0, 0.05) is 11.1 Å². The first-order valence-electron chi connectivity index (χ1n) is 5.40. The molecule has 0 bridgehead atoms. The SMILES string of the molecule is COc1ccc(C(=O)N/N=C/c2ccsc2)cc1I. The van der Waals surface area contributed by atoms with E-state index in [0.29, 0.717) is 5.56 Å². The largest absolute Gasteiger partial charge is 0.496 e. The van der Waals surface area contributed by atoms with E-state index in [1.807, 2.05) is 16.8 Å². The second-order valence-corrected chi connectivity index (χ2v) is 5.55. The van der Waals surface area contributed by atoms with Crippen molar-refractivity contribution in [1.29, 1.82) is 0 Å². The van der Waals surface area contributed by atoms with Crippen molar-refractivity contribution in [3.05, 3.63) is 49.7 Å². The molecule has 1 aromatic carbocycles. The van der Waals surface area contributed by atoms with E-state index in [1.54, 1.807) is 42.9 Å². The molecule has 1 aromatic heterocycles. The molecule has 19 heavy (non-hydrogen) atoms. The van der Waals surface area contributed by atoms with Crippen molar-refractivity contribution in [3.8, 4) is 5.75 Å². The number of carbonyl (C=O) groups is 1. The van der Waals surface area contributed by atoms with Gasteiger partial charge in [-0.1, -0.05) is 0 Å². The number of hydrazone groups is 1. The number of amides is 1. The van der Waals surface area contributed by atoms with Crippen molar-refractivity contribution >= 4 is 46.0 Å². The number of ether oxygens (including phenoxy) is 1. The average Bonchev–Trinajstić information content (AvgIpc) is 2.91. The van der Waals surface area contributed by atoms with E-state index >= 15 is 0 Å². The van der Waals surface area contributed by atoms with Crippen molar-refractivity contribution in [3.63, 3.8) is 0 Å². The molecule has 2 rings (SSSR count). The molecule has 2 aromatic rings. The number of benzene rings is 1. The Hall–Kier alpha value is -1.41. The number of hydrogen-bond acceptors (Lipinski definition) is 4. The number of nitrogens with one attached hydrogen (secondary N) is 1. The van der Waals surface area contributed by atoms with Crippen molar-refractivity contribution < 1.29 is 9.53 Å². The monoisotopic (exact) mass is 386 g/mol. The molecule has 0 aliphatic carbocycles. The zero-order valence-electron chi connectivity index (χ0n) is 10.1. The fourth-order valence-electron chi connectivity index (χ4n) is 1.39. The normalized spacial score (nSPS) is 10.6. The van der Waals surface area contributed by atoms with Crippen LogP contribution in [0.25, 0.3) is 0 Å². The van der Waals surface area contributed by atoms with Crippen molar-refractivity contribution in [2.75, 3.05) is 7.11 Å². The molecule has 1 N–H and O–H groups in total. The summed E-state index contributed by atoms with van der Waals surface area (Å²) >= 11 is 3.71. The van der Waals surface area contributed by atoms with Gasteiger partial charge in [0.25, 0.3) is 5.91 Å². The van der Waals surface area contributed by atoms with Crippen LogP contribution in [0.3, 0.4) is 0 Å². The molecule has 0 fully saturated rings. The van der Waals surface area contributed by atoms with Crippen molar-refractivity contribution in [1.82, 2.24) is 5.43 Å². The maximum atomic E-state index is 11.9. The number of nitrogens with zero attached hydrogens (tertiary/aromatic N) is 1. The van der Waals surface area contributed by atoms with E-state index in [-0.39, 0.29) is 5.91 Å². The Balaban J connectivity index is 2.02. The van der Waals surface area contributed by atoms with Gasteiger partial charge in [0.05, 0.1) is 16.9 Å². The van der Waals surface area contributed by atoms with E-state index < -0.39 is 0 Å². The zero-order chi connectivity index (χ0) is 13.7. The summed E-state index contributed by atoms with van der Waals surface area (Å²) in [7, 11) is 1.60. The lowest BCUT2D eigenvalue weighted by molar-refractivity contribution is 0.0955. The summed E-state index contributed by atoms with van der Waals surface area (Å²) in [5, 5.41) is 7.81. The van der Waals surface area contributed by atoms with E-state index in [1.165, 1.54) is 0 Å². The van der Waals surface area contributed by atoms with Gasteiger partial charge in [0.15, 0.2) is 0 Å². The molecule has 0 saturated carbocycles. The molecule has 4 nitrogen and oxygen atoms in total. The fourth-order valence-corrected chi connectivity index (χ4v) is 2.73. The lowest BCUT2D eigenvalue weighted by Crippen LogP contribution is -2.17. The summed E-state index contributed by atoms with van der Waals surface area (Å²) < 4.78 is 6.03. The lowest BCUT2D eigenvalue weighted by Gasteiger charge is -2.05. The molecule has 0 spiro atoms. The van der Waals surface area contributed by atoms with Gasteiger partial charge in [0.2, 0.25) is 0 Å². The number of methoxy groups -OCH3 is 1. The molecule has 0 radical (unpaired) electrons. The molecular formula is C13H11IN2O2S. The summed E-state index contributed by atoms with van der Waals surface area (Å²) in [6.45, 7) is 0. The van der Waals surface area contributed by atoms with Gasteiger partial charge < -0.3 is 4.74 Å². The highest BCUT2D eigenvalue weighted by molar-refractivity contribution is 14.1. The summed E-state index contributed by atoms with van der Waals surface area (Å²) in [4.78, 5) is 11.9. The average molecular weight is 386 g/mol. The topological polar surface area (TPSA) is 50.7 Å². The van der Waals surface area contributed by atoms with Crippen LogP contribution in [0.1, 0.15) is 15.9 Å². The van der Waals surface area contributed by atoms with E-state index in [2.05, 4.69) is 33.1 Å². The minimum atomic E-state index is -0.243.